The molecule has 0 aliphatic rings. The van der Waals surface area contributed by atoms with Crippen LogP contribution in [0.5, 0.6) is 0 Å². The third-order valence-electron chi connectivity index (χ3n) is 6.90. The van der Waals surface area contributed by atoms with Gasteiger partial charge in [-0.1, -0.05) is 96.6 Å². The summed E-state index contributed by atoms with van der Waals surface area (Å²) in [6, 6.07) is 33.0. The SMILES string of the molecule is Cc1ccc(CN(C(=O)CN(c2ccccc2)S(=O)(=O)c2ccccc2)C(Cc2ccccc2)C(=O)NC(C)(C)C)cc1. The van der Waals surface area contributed by atoms with E-state index in [1.807, 2.05) is 82.3 Å². The maximum Gasteiger partial charge on any atom is 0.264 e. The van der Waals surface area contributed by atoms with Gasteiger partial charge < -0.3 is 10.2 Å². The molecule has 43 heavy (non-hydrogen) atoms. The quantitative estimate of drug-likeness (QED) is 0.239. The highest BCUT2D eigenvalue weighted by molar-refractivity contribution is 7.92. The number of nitrogens with zero attached hydrogens (tertiary/aromatic N) is 2. The topological polar surface area (TPSA) is 86.8 Å². The Hall–Kier alpha value is -4.43. The van der Waals surface area contributed by atoms with E-state index in [1.165, 1.54) is 17.0 Å². The molecule has 0 aliphatic heterocycles. The van der Waals surface area contributed by atoms with Crippen LogP contribution in [-0.2, 0) is 32.6 Å². The molecular weight excluding hydrogens is 558 g/mol. The molecule has 4 rings (SSSR count). The zero-order valence-corrected chi connectivity index (χ0v) is 25.9. The number of anilines is 1. The number of rotatable bonds is 11. The van der Waals surface area contributed by atoms with E-state index in [4.69, 9.17) is 0 Å². The monoisotopic (exact) mass is 597 g/mol. The van der Waals surface area contributed by atoms with Crippen LogP contribution in [0, 0.1) is 6.92 Å². The highest BCUT2D eigenvalue weighted by Gasteiger charge is 2.35. The average Bonchev–Trinajstić information content (AvgIpc) is 2.99. The number of nitrogens with one attached hydrogen (secondary N) is 1. The highest BCUT2D eigenvalue weighted by Crippen LogP contribution is 2.25. The van der Waals surface area contributed by atoms with Crippen molar-refractivity contribution in [1.82, 2.24) is 10.2 Å². The van der Waals surface area contributed by atoms with Gasteiger partial charge in [0.1, 0.15) is 12.6 Å². The van der Waals surface area contributed by atoms with Crippen LogP contribution in [0.2, 0.25) is 0 Å². The van der Waals surface area contributed by atoms with Crippen molar-refractivity contribution in [2.45, 2.75) is 57.1 Å². The van der Waals surface area contributed by atoms with Crippen molar-refractivity contribution in [3.63, 3.8) is 0 Å². The molecule has 0 heterocycles. The second-order valence-electron chi connectivity index (χ2n) is 11.6. The van der Waals surface area contributed by atoms with Crippen molar-refractivity contribution in [3.05, 3.63) is 132 Å². The zero-order chi connectivity index (χ0) is 31.0. The molecular formula is C35H39N3O4S. The molecule has 0 spiro atoms. The van der Waals surface area contributed by atoms with E-state index in [0.29, 0.717) is 5.69 Å². The predicted molar refractivity (Wildman–Crippen MR) is 171 cm³/mol. The number of benzene rings is 4. The van der Waals surface area contributed by atoms with Crippen LogP contribution in [-0.4, -0.2) is 43.3 Å². The van der Waals surface area contributed by atoms with Gasteiger partial charge in [-0.25, -0.2) is 8.42 Å². The lowest BCUT2D eigenvalue weighted by molar-refractivity contribution is -0.140. The largest absolute Gasteiger partial charge is 0.350 e. The molecule has 0 saturated carbocycles. The minimum Gasteiger partial charge on any atom is -0.350 e. The van der Waals surface area contributed by atoms with E-state index in [1.54, 1.807) is 48.5 Å². The molecule has 7 nitrogen and oxygen atoms in total. The fourth-order valence-electron chi connectivity index (χ4n) is 4.74. The van der Waals surface area contributed by atoms with Gasteiger partial charge in [0.2, 0.25) is 11.8 Å². The maximum absolute atomic E-state index is 14.4. The number of para-hydroxylation sites is 1. The molecule has 2 amide bonds. The average molecular weight is 598 g/mol. The number of hydrogen-bond donors (Lipinski definition) is 1. The summed E-state index contributed by atoms with van der Waals surface area (Å²) in [5.41, 5.74) is 2.59. The molecule has 0 aliphatic carbocycles. The van der Waals surface area contributed by atoms with Crippen LogP contribution >= 0.6 is 0 Å². The van der Waals surface area contributed by atoms with E-state index < -0.39 is 34.1 Å². The predicted octanol–water partition coefficient (Wildman–Crippen LogP) is 5.75. The molecule has 0 saturated heterocycles. The molecule has 0 fully saturated rings. The van der Waals surface area contributed by atoms with Crippen LogP contribution in [0.25, 0.3) is 0 Å². The first-order chi connectivity index (χ1) is 20.4. The van der Waals surface area contributed by atoms with Crippen molar-refractivity contribution in [2.75, 3.05) is 10.8 Å². The van der Waals surface area contributed by atoms with Crippen molar-refractivity contribution in [1.29, 1.82) is 0 Å². The van der Waals surface area contributed by atoms with Crippen LogP contribution < -0.4 is 9.62 Å². The fourth-order valence-corrected chi connectivity index (χ4v) is 6.17. The van der Waals surface area contributed by atoms with Crippen molar-refractivity contribution in [2.24, 2.45) is 0 Å². The summed E-state index contributed by atoms with van der Waals surface area (Å²) in [7, 11) is -4.11. The van der Waals surface area contributed by atoms with Gasteiger partial charge in [0.15, 0.2) is 0 Å². The Morgan fingerprint density at radius 3 is 1.84 bits per heavy atom. The Kier molecular flexibility index (Phi) is 10.0. The Balaban J connectivity index is 1.79. The Labute approximate surface area is 255 Å². The number of aryl methyl sites for hydroxylation is 1. The van der Waals surface area contributed by atoms with Crippen molar-refractivity contribution < 1.29 is 18.0 Å². The zero-order valence-electron chi connectivity index (χ0n) is 25.1. The first-order valence-electron chi connectivity index (χ1n) is 14.3. The third kappa shape index (κ3) is 8.55. The maximum atomic E-state index is 14.4. The summed E-state index contributed by atoms with van der Waals surface area (Å²) in [5.74, 6) is -0.803. The molecule has 4 aromatic carbocycles. The molecule has 1 unspecified atom stereocenters. The Bertz CT molecular complexity index is 1600. The number of sulfonamides is 1. The summed E-state index contributed by atoms with van der Waals surface area (Å²) in [4.78, 5) is 29.9. The van der Waals surface area contributed by atoms with Crippen LogP contribution in [0.1, 0.15) is 37.5 Å². The smallest absolute Gasteiger partial charge is 0.264 e. The van der Waals surface area contributed by atoms with E-state index in [0.717, 1.165) is 21.0 Å². The van der Waals surface area contributed by atoms with Gasteiger partial charge in [0, 0.05) is 18.5 Å². The van der Waals surface area contributed by atoms with Crippen molar-refractivity contribution in [3.8, 4) is 0 Å². The van der Waals surface area contributed by atoms with Gasteiger partial charge in [0.05, 0.1) is 10.6 Å². The number of hydrogen-bond acceptors (Lipinski definition) is 4. The number of amides is 2. The Morgan fingerprint density at radius 1 is 0.744 bits per heavy atom. The van der Waals surface area contributed by atoms with Gasteiger partial charge in [-0.2, -0.15) is 0 Å². The van der Waals surface area contributed by atoms with Gasteiger partial charge in [-0.05, 0) is 63.1 Å². The van der Waals surface area contributed by atoms with Gasteiger partial charge in [-0.3, -0.25) is 13.9 Å². The van der Waals surface area contributed by atoms with E-state index in [-0.39, 0.29) is 23.8 Å². The minimum atomic E-state index is -4.11. The molecule has 0 bridgehead atoms. The normalized spacial score (nSPS) is 12.3. The molecule has 1 atom stereocenters. The molecule has 1 N–H and O–H groups in total. The van der Waals surface area contributed by atoms with E-state index >= 15 is 0 Å². The molecule has 224 valence electrons. The van der Waals surface area contributed by atoms with Gasteiger partial charge in [0.25, 0.3) is 10.0 Å². The highest BCUT2D eigenvalue weighted by atomic mass is 32.2. The minimum absolute atomic E-state index is 0.0723. The lowest BCUT2D eigenvalue weighted by Gasteiger charge is -2.35. The second kappa shape index (κ2) is 13.7. The van der Waals surface area contributed by atoms with Crippen LogP contribution in [0.4, 0.5) is 5.69 Å². The number of carbonyl (C=O) groups is 2. The van der Waals surface area contributed by atoms with Crippen LogP contribution in [0.3, 0.4) is 0 Å². The summed E-state index contributed by atoms with van der Waals surface area (Å²) >= 11 is 0. The molecule has 0 radical (unpaired) electrons. The van der Waals surface area contributed by atoms with Gasteiger partial charge >= 0.3 is 0 Å². The summed E-state index contributed by atoms with van der Waals surface area (Å²) in [5, 5.41) is 3.05. The molecule has 0 aromatic heterocycles. The first kappa shape index (κ1) is 31.5. The lowest BCUT2D eigenvalue weighted by Crippen LogP contribution is -2.56. The van der Waals surface area contributed by atoms with Crippen LogP contribution in [0.15, 0.2) is 120 Å². The number of carbonyl (C=O) groups excluding carboxylic acids is 2. The van der Waals surface area contributed by atoms with E-state index in [9.17, 15) is 18.0 Å². The lowest BCUT2D eigenvalue weighted by atomic mass is 10.0. The second-order valence-corrected chi connectivity index (χ2v) is 13.5. The summed E-state index contributed by atoms with van der Waals surface area (Å²) < 4.78 is 29.0. The van der Waals surface area contributed by atoms with E-state index in [2.05, 4.69) is 5.32 Å². The fraction of sp³-hybridized carbons (Fsp3) is 0.257. The molecule has 4 aromatic rings. The van der Waals surface area contributed by atoms with Gasteiger partial charge in [-0.15, -0.1) is 0 Å². The molecule has 8 heteroatoms. The first-order valence-corrected chi connectivity index (χ1v) is 15.7. The third-order valence-corrected chi connectivity index (χ3v) is 8.69. The Morgan fingerprint density at radius 2 is 1.28 bits per heavy atom. The van der Waals surface area contributed by atoms with Crippen molar-refractivity contribution >= 4 is 27.5 Å². The summed E-state index contributed by atoms with van der Waals surface area (Å²) in [6.45, 7) is 7.29. The summed E-state index contributed by atoms with van der Waals surface area (Å²) in [6.07, 6.45) is 0.261. The standard InChI is InChI=1S/C35H39N3O4S/c1-27-20-22-29(23-21-27)25-37(32(34(40)36-35(2,3)4)24-28-14-8-5-9-15-28)33(39)26-38(30-16-10-6-11-17-30)43(41,42)31-18-12-7-13-19-31/h5-23,32H,24-26H2,1-4H3,(H,36,40).